The third-order valence-corrected chi connectivity index (χ3v) is 5.50. The van der Waals surface area contributed by atoms with Gasteiger partial charge in [-0.25, -0.2) is 13.2 Å². The maximum Gasteiger partial charge on any atom is 0.344 e. The molecule has 7 nitrogen and oxygen atoms in total. The predicted molar refractivity (Wildman–Crippen MR) is 88.1 cm³/mol. The van der Waals surface area contributed by atoms with Gasteiger partial charge in [-0.3, -0.25) is 4.79 Å². The monoisotopic (exact) mass is 395 g/mol. The van der Waals surface area contributed by atoms with E-state index in [4.69, 9.17) is 32.7 Å². The van der Waals surface area contributed by atoms with E-state index in [2.05, 4.69) is 5.32 Å². The van der Waals surface area contributed by atoms with Gasteiger partial charge in [0.25, 0.3) is 5.91 Å². The lowest BCUT2D eigenvalue weighted by atomic mass is 10.2. The van der Waals surface area contributed by atoms with Gasteiger partial charge in [-0.2, -0.15) is 0 Å². The van der Waals surface area contributed by atoms with Crippen molar-refractivity contribution in [2.75, 3.05) is 24.7 Å². The van der Waals surface area contributed by atoms with Crippen LogP contribution in [0.3, 0.4) is 0 Å². The Morgan fingerprint density at radius 2 is 2.00 bits per heavy atom. The molecule has 1 unspecified atom stereocenters. The van der Waals surface area contributed by atoms with E-state index < -0.39 is 41.0 Å². The fraction of sp³-hybridized carbons (Fsp3) is 0.429. The van der Waals surface area contributed by atoms with Crippen molar-refractivity contribution in [3.8, 4) is 5.75 Å². The molecule has 1 aromatic rings. The van der Waals surface area contributed by atoms with Crippen molar-refractivity contribution in [3.05, 3.63) is 28.2 Å². The van der Waals surface area contributed by atoms with Crippen LogP contribution >= 0.6 is 23.2 Å². The minimum absolute atomic E-state index is 0.0490. The van der Waals surface area contributed by atoms with Gasteiger partial charge >= 0.3 is 5.97 Å². The number of carbonyl (C=O) groups is 2. The molecule has 1 aromatic carbocycles. The zero-order chi connectivity index (χ0) is 17.7. The summed E-state index contributed by atoms with van der Waals surface area (Å²) in [5.74, 6) is -1.10. The first kappa shape index (κ1) is 18.8. The van der Waals surface area contributed by atoms with Crippen LogP contribution in [0.2, 0.25) is 10.0 Å². The molecular formula is C14H15Cl2NO6S. The van der Waals surface area contributed by atoms with Crippen LogP contribution in [0.1, 0.15) is 6.42 Å². The van der Waals surface area contributed by atoms with Crippen molar-refractivity contribution >= 4 is 44.9 Å². The Labute approximate surface area is 149 Å². The van der Waals surface area contributed by atoms with Crippen molar-refractivity contribution in [2.24, 2.45) is 0 Å². The highest BCUT2D eigenvalue weighted by molar-refractivity contribution is 7.91. The van der Waals surface area contributed by atoms with Crippen LogP contribution in [-0.4, -0.2) is 51.1 Å². The molecule has 0 spiro atoms. The number of hydrogen-bond donors (Lipinski definition) is 1. The van der Waals surface area contributed by atoms with Gasteiger partial charge in [-0.15, -0.1) is 0 Å². The maximum absolute atomic E-state index is 11.6. The Kier molecular flexibility index (Phi) is 6.31. The Morgan fingerprint density at radius 1 is 1.25 bits per heavy atom. The molecule has 1 aliphatic rings. The molecule has 24 heavy (non-hydrogen) atoms. The highest BCUT2D eigenvalue weighted by atomic mass is 35.5. The Balaban J connectivity index is 1.70. The molecule has 0 saturated carbocycles. The summed E-state index contributed by atoms with van der Waals surface area (Å²) >= 11 is 11.6. The van der Waals surface area contributed by atoms with Crippen molar-refractivity contribution in [2.45, 2.75) is 12.5 Å². The fourth-order valence-corrected chi connectivity index (χ4v) is 4.23. The molecule has 0 bridgehead atoms. The number of halogens is 2. The quantitative estimate of drug-likeness (QED) is 0.726. The molecule has 1 atom stereocenters. The van der Waals surface area contributed by atoms with Crippen molar-refractivity contribution in [1.82, 2.24) is 5.32 Å². The summed E-state index contributed by atoms with van der Waals surface area (Å²) in [6.45, 7) is -0.931. The Morgan fingerprint density at radius 3 is 2.62 bits per heavy atom. The van der Waals surface area contributed by atoms with Gasteiger partial charge in [0.05, 0.1) is 16.5 Å². The lowest BCUT2D eigenvalue weighted by molar-refractivity contribution is -0.150. The van der Waals surface area contributed by atoms with Gasteiger partial charge in [0.15, 0.2) is 23.1 Å². The molecular weight excluding hydrogens is 381 g/mol. The standard InChI is InChI=1S/C14H15Cl2NO6S/c15-9-1-2-12(11(16)5-9)22-7-14(19)23-6-13(18)17-10-3-4-24(20,21)8-10/h1-2,5,10H,3-4,6-8H2,(H,17,18). The van der Waals surface area contributed by atoms with Gasteiger partial charge in [-0.1, -0.05) is 23.2 Å². The average Bonchev–Trinajstić information content (AvgIpc) is 2.83. The largest absolute Gasteiger partial charge is 0.480 e. The van der Waals surface area contributed by atoms with Gasteiger partial charge in [0.2, 0.25) is 0 Å². The van der Waals surface area contributed by atoms with Gasteiger partial charge in [0, 0.05) is 11.1 Å². The van der Waals surface area contributed by atoms with E-state index in [0.717, 1.165) is 0 Å². The van der Waals surface area contributed by atoms with Gasteiger partial charge in [-0.05, 0) is 24.6 Å². The summed E-state index contributed by atoms with van der Waals surface area (Å²) < 4.78 is 32.5. The fourth-order valence-electron chi connectivity index (χ4n) is 2.09. The zero-order valence-electron chi connectivity index (χ0n) is 12.5. The second kappa shape index (κ2) is 8.04. The molecule has 1 fully saturated rings. The minimum atomic E-state index is -3.08. The topological polar surface area (TPSA) is 98.8 Å². The number of benzene rings is 1. The molecule has 132 valence electrons. The highest BCUT2D eigenvalue weighted by Crippen LogP contribution is 2.27. The van der Waals surface area contributed by atoms with Crippen molar-refractivity contribution in [3.63, 3.8) is 0 Å². The van der Waals surface area contributed by atoms with E-state index in [-0.39, 0.29) is 22.3 Å². The summed E-state index contributed by atoms with van der Waals surface area (Å²) in [5.41, 5.74) is 0. The first-order valence-electron chi connectivity index (χ1n) is 6.98. The lowest BCUT2D eigenvalue weighted by Crippen LogP contribution is -2.38. The van der Waals surface area contributed by atoms with Crippen LogP contribution in [0.15, 0.2) is 18.2 Å². The van der Waals surface area contributed by atoms with Crippen LogP contribution in [0, 0.1) is 0 Å². The SMILES string of the molecule is O=C(COC(=O)COc1ccc(Cl)cc1Cl)NC1CCS(=O)(=O)C1. The molecule has 2 rings (SSSR count). The normalized spacial score (nSPS) is 18.8. The average molecular weight is 396 g/mol. The summed E-state index contributed by atoms with van der Waals surface area (Å²) in [4.78, 5) is 23.2. The summed E-state index contributed by atoms with van der Waals surface area (Å²) in [6.07, 6.45) is 0.361. The number of ether oxygens (including phenoxy) is 2. The van der Waals surface area contributed by atoms with Crippen LogP contribution in [0.4, 0.5) is 0 Å². The maximum atomic E-state index is 11.6. The summed E-state index contributed by atoms with van der Waals surface area (Å²) in [7, 11) is -3.08. The van der Waals surface area contributed by atoms with E-state index >= 15 is 0 Å². The molecule has 1 N–H and O–H groups in total. The number of nitrogens with one attached hydrogen (secondary N) is 1. The van der Waals surface area contributed by atoms with E-state index in [9.17, 15) is 18.0 Å². The van der Waals surface area contributed by atoms with Gasteiger partial charge < -0.3 is 14.8 Å². The van der Waals surface area contributed by atoms with Gasteiger partial charge in [0.1, 0.15) is 5.75 Å². The number of esters is 1. The van der Waals surface area contributed by atoms with E-state index in [1.807, 2.05) is 0 Å². The minimum Gasteiger partial charge on any atom is -0.480 e. The number of sulfone groups is 1. The van der Waals surface area contributed by atoms with Crippen LogP contribution in [-0.2, 0) is 24.2 Å². The van der Waals surface area contributed by atoms with E-state index in [1.54, 1.807) is 6.07 Å². The number of hydrogen-bond acceptors (Lipinski definition) is 6. The molecule has 0 radical (unpaired) electrons. The zero-order valence-corrected chi connectivity index (χ0v) is 14.8. The third kappa shape index (κ3) is 5.85. The second-order valence-electron chi connectivity index (χ2n) is 5.19. The molecule has 1 saturated heterocycles. The van der Waals surface area contributed by atoms with Crippen molar-refractivity contribution < 1.29 is 27.5 Å². The Bertz CT molecular complexity index is 737. The number of rotatable bonds is 6. The second-order valence-corrected chi connectivity index (χ2v) is 8.26. The molecule has 0 aromatic heterocycles. The lowest BCUT2D eigenvalue weighted by Gasteiger charge is -2.11. The van der Waals surface area contributed by atoms with Crippen molar-refractivity contribution in [1.29, 1.82) is 0 Å². The first-order chi connectivity index (χ1) is 11.2. The predicted octanol–water partition coefficient (Wildman–Crippen LogP) is 1.22. The van der Waals surface area contributed by atoms with E-state index in [0.29, 0.717) is 11.4 Å². The summed E-state index contributed by atoms with van der Waals surface area (Å²) in [5, 5.41) is 3.18. The third-order valence-electron chi connectivity index (χ3n) is 3.20. The van der Waals surface area contributed by atoms with Crippen LogP contribution in [0.25, 0.3) is 0 Å². The smallest absolute Gasteiger partial charge is 0.344 e. The molecule has 1 amide bonds. The molecule has 10 heteroatoms. The van der Waals surface area contributed by atoms with Crippen LogP contribution in [0.5, 0.6) is 5.75 Å². The Hall–Kier alpha value is -1.51. The first-order valence-corrected chi connectivity index (χ1v) is 9.56. The highest BCUT2D eigenvalue weighted by Gasteiger charge is 2.29. The summed E-state index contributed by atoms with van der Waals surface area (Å²) in [6, 6.07) is 4.08. The number of carbonyl (C=O) groups excluding carboxylic acids is 2. The van der Waals surface area contributed by atoms with Crippen LogP contribution < -0.4 is 10.1 Å². The van der Waals surface area contributed by atoms with E-state index in [1.165, 1.54) is 12.1 Å². The molecule has 0 aliphatic carbocycles. The number of amides is 1. The molecule has 1 aliphatic heterocycles. The molecule has 1 heterocycles.